The second-order valence-electron chi connectivity index (χ2n) is 13.4. The molecule has 3 amide bonds. The van der Waals surface area contributed by atoms with Gasteiger partial charge in [0.25, 0.3) is 5.91 Å². The quantitative estimate of drug-likeness (QED) is 0.117. The van der Waals surface area contributed by atoms with E-state index in [1.54, 1.807) is 28.5 Å². The molecule has 2 N–H and O–H groups in total. The number of hydrogen-bond donors (Lipinski definition) is 2. The minimum absolute atomic E-state index is 0.175. The molecule has 14 heteroatoms. The molecule has 5 aromatic rings. The van der Waals surface area contributed by atoms with Crippen molar-refractivity contribution in [3.05, 3.63) is 110 Å². The Morgan fingerprint density at radius 1 is 1.06 bits per heavy atom. The van der Waals surface area contributed by atoms with Crippen LogP contribution in [0.5, 0.6) is 0 Å². The summed E-state index contributed by atoms with van der Waals surface area (Å²) >= 11 is 7.84. The molecule has 0 spiro atoms. The number of anilines is 1. The van der Waals surface area contributed by atoms with E-state index in [1.807, 2.05) is 61.1 Å². The van der Waals surface area contributed by atoms with Crippen molar-refractivity contribution in [3.63, 3.8) is 0 Å². The highest BCUT2D eigenvalue weighted by Crippen LogP contribution is 2.39. The number of halogens is 1. The molecule has 53 heavy (non-hydrogen) atoms. The van der Waals surface area contributed by atoms with Crippen molar-refractivity contribution in [2.45, 2.75) is 71.6 Å². The van der Waals surface area contributed by atoms with Crippen LogP contribution in [0, 0.1) is 25.7 Å². The fraction of sp³-hybridized carbons (Fsp3) is 0.308. The molecule has 3 aromatic heterocycles. The first-order valence-electron chi connectivity index (χ1n) is 17.6. The van der Waals surface area contributed by atoms with Crippen LogP contribution in [0.3, 0.4) is 0 Å². The van der Waals surface area contributed by atoms with Gasteiger partial charge in [0.2, 0.25) is 11.8 Å². The first-order chi connectivity index (χ1) is 25.7. The minimum atomic E-state index is -0.632. The number of amides is 3. The summed E-state index contributed by atoms with van der Waals surface area (Å²) in [5, 5.41) is 20.9. The number of imide groups is 1. The van der Waals surface area contributed by atoms with Crippen molar-refractivity contribution in [2.24, 2.45) is 4.99 Å². The van der Waals surface area contributed by atoms with Crippen LogP contribution in [0.2, 0.25) is 5.02 Å². The molecule has 2 aromatic carbocycles. The standard InChI is InChI=1S/C39H36ClN9O3S/c1-22-32(53-39-34(22)35(26-10-12-27(40)13-11-26)43-23(2)36-46-45-24(3)49(36)39)15-9-25-19-42-47(20-25)18-5-4-17-41-30-8-6-7-28-29(30)21-48(38(28)52)31-14-16-33(50)44-37(31)51/h6-8,10-13,19-20,23,31,41H,4-5,14,16-18,21H2,1-3H3,(H,44,50,51)/t23-,31?/m0/s1. The van der Waals surface area contributed by atoms with Gasteiger partial charge in [-0.15, -0.1) is 21.5 Å². The molecule has 0 aliphatic carbocycles. The lowest BCUT2D eigenvalue weighted by Crippen LogP contribution is -2.52. The van der Waals surface area contributed by atoms with E-state index < -0.39 is 11.9 Å². The lowest BCUT2D eigenvalue weighted by molar-refractivity contribution is -0.136. The Morgan fingerprint density at radius 2 is 1.89 bits per heavy atom. The Balaban J connectivity index is 0.917. The summed E-state index contributed by atoms with van der Waals surface area (Å²) in [6, 6.07) is 12.6. The van der Waals surface area contributed by atoms with Crippen LogP contribution in [0.15, 0.2) is 59.9 Å². The van der Waals surface area contributed by atoms with Crippen LogP contribution in [0.1, 0.15) is 93.4 Å². The second kappa shape index (κ2) is 14.1. The van der Waals surface area contributed by atoms with Crippen molar-refractivity contribution >= 4 is 52.1 Å². The molecule has 3 aliphatic heterocycles. The SMILES string of the molecule is Cc1c(C#Cc2cnn(CCCCNc3cccc4c3CN(C3CCC(=O)NC3=O)C4=O)c2)sc2c1C(c1ccc(Cl)cc1)=N[C@@H](C)c1nnc(C)n1-2. The van der Waals surface area contributed by atoms with Crippen LogP contribution in [-0.2, 0) is 22.7 Å². The number of aliphatic imine (C=N–C) groups is 1. The van der Waals surface area contributed by atoms with Crippen molar-refractivity contribution in [1.82, 2.24) is 34.8 Å². The Bertz CT molecular complexity index is 2380. The highest BCUT2D eigenvalue weighted by molar-refractivity contribution is 7.15. The fourth-order valence-electron chi connectivity index (χ4n) is 7.15. The van der Waals surface area contributed by atoms with Gasteiger partial charge in [-0.25, -0.2) is 0 Å². The lowest BCUT2D eigenvalue weighted by Gasteiger charge is -2.29. The van der Waals surface area contributed by atoms with Crippen LogP contribution >= 0.6 is 22.9 Å². The number of nitrogens with one attached hydrogen (secondary N) is 2. The minimum Gasteiger partial charge on any atom is -0.385 e. The Morgan fingerprint density at radius 3 is 2.70 bits per heavy atom. The van der Waals surface area contributed by atoms with Gasteiger partial charge >= 0.3 is 0 Å². The first-order valence-corrected chi connectivity index (χ1v) is 18.8. The summed E-state index contributed by atoms with van der Waals surface area (Å²) in [5.41, 5.74) is 7.15. The number of carbonyl (C=O) groups excluding carboxylic acids is 3. The van der Waals surface area contributed by atoms with E-state index in [0.29, 0.717) is 30.1 Å². The molecule has 8 rings (SSSR count). The zero-order chi connectivity index (χ0) is 36.8. The maximum atomic E-state index is 13.1. The van der Waals surface area contributed by atoms with Gasteiger partial charge in [-0.05, 0) is 69.9 Å². The van der Waals surface area contributed by atoms with Crippen molar-refractivity contribution < 1.29 is 14.4 Å². The lowest BCUT2D eigenvalue weighted by atomic mass is 9.99. The normalized spacial score (nSPS) is 17.7. The predicted molar refractivity (Wildman–Crippen MR) is 203 cm³/mol. The summed E-state index contributed by atoms with van der Waals surface area (Å²) in [5.74, 6) is 7.46. The molecule has 1 fully saturated rings. The summed E-state index contributed by atoms with van der Waals surface area (Å²) < 4.78 is 4.01. The van der Waals surface area contributed by atoms with Gasteiger partial charge in [0.15, 0.2) is 5.82 Å². The van der Waals surface area contributed by atoms with Crippen molar-refractivity contribution in [3.8, 4) is 16.8 Å². The number of hydrogen-bond acceptors (Lipinski definition) is 9. The summed E-state index contributed by atoms with van der Waals surface area (Å²) in [4.78, 5) is 44.8. The van der Waals surface area contributed by atoms with Gasteiger partial charge in [-0.3, -0.25) is 33.9 Å². The molecule has 268 valence electrons. The van der Waals surface area contributed by atoms with E-state index in [0.717, 1.165) is 80.1 Å². The third-order valence-corrected chi connectivity index (χ3v) is 11.3. The number of nitrogens with zero attached hydrogens (tertiary/aromatic N) is 7. The highest BCUT2D eigenvalue weighted by atomic mass is 35.5. The third kappa shape index (κ3) is 6.53. The van der Waals surface area contributed by atoms with E-state index in [4.69, 9.17) is 16.6 Å². The molecule has 1 saturated heterocycles. The Hall–Kier alpha value is -5.58. The predicted octanol–water partition coefficient (Wildman–Crippen LogP) is 5.76. The van der Waals surface area contributed by atoms with Crippen molar-refractivity contribution in [1.29, 1.82) is 0 Å². The van der Waals surface area contributed by atoms with E-state index in [9.17, 15) is 14.4 Å². The van der Waals surface area contributed by atoms with Gasteiger partial charge in [0.1, 0.15) is 22.9 Å². The number of rotatable bonds is 8. The molecular formula is C39H36ClN9O3S. The molecule has 3 aliphatic rings. The fourth-order valence-corrected chi connectivity index (χ4v) is 8.49. The van der Waals surface area contributed by atoms with E-state index in [-0.39, 0.29) is 24.3 Å². The van der Waals surface area contributed by atoms with E-state index in [1.165, 1.54) is 0 Å². The van der Waals surface area contributed by atoms with Gasteiger partial charge in [0.05, 0.1) is 22.3 Å². The summed E-state index contributed by atoms with van der Waals surface area (Å²) in [7, 11) is 0. The summed E-state index contributed by atoms with van der Waals surface area (Å²) in [6.07, 6.45) is 6.11. The number of piperidine rings is 1. The number of carbonyl (C=O) groups is 3. The third-order valence-electron chi connectivity index (χ3n) is 9.90. The maximum Gasteiger partial charge on any atom is 0.255 e. The van der Waals surface area contributed by atoms with Gasteiger partial charge in [-0.1, -0.05) is 41.6 Å². The average Bonchev–Trinajstić information content (AvgIpc) is 3.90. The van der Waals surface area contributed by atoms with Crippen LogP contribution in [0.25, 0.3) is 5.00 Å². The smallest absolute Gasteiger partial charge is 0.255 e. The highest BCUT2D eigenvalue weighted by Gasteiger charge is 2.40. The molecular weight excluding hydrogens is 710 g/mol. The number of aryl methyl sites for hydroxylation is 2. The molecule has 0 radical (unpaired) electrons. The molecule has 12 nitrogen and oxygen atoms in total. The van der Waals surface area contributed by atoms with E-state index >= 15 is 0 Å². The largest absolute Gasteiger partial charge is 0.385 e. The zero-order valence-electron chi connectivity index (χ0n) is 29.4. The molecule has 1 unspecified atom stereocenters. The molecule has 0 bridgehead atoms. The van der Waals surface area contributed by atoms with Crippen LogP contribution < -0.4 is 10.6 Å². The van der Waals surface area contributed by atoms with Gasteiger partial charge in [0, 0.05) is 65.2 Å². The Kier molecular flexibility index (Phi) is 9.18. The first kappa shape index (κ1) is 34.5. The number of aromatic nitrogens is 5. The molecule has 6 heterocycles. The average molecular weight is 746 g/mol. The monoisotopic (exact) mass is 745 g/mol. The zero-order valence-corrected chi connectivity index (χ0v) is 31.0. The van der Waals surface area contributed by atoms with Crippen LogP contribution in [0.4, 0.5) is 5.69 Å². The Labute approximate surface area is 315 Å². The molecule has 0 saturated carbocycles. The van der Waals surface area contributed by atoms with Gasteiger partial charge < -0.3 is 10.2 Å². The number of unbranched alkanes of at least 4 members (excludes halogenated alkanes) is 1. The van der Waals surface area contributed by atoms with E-state index in [2.05, 4.69) is 49.3 Å². The maximum absolute atomic E-state index is 13.1. The number of benzene rings is 2. The molecule has 2 atom stereocenters. The number of thiophene rings is 1. The van der Waals surface area contributed by atoms with Crippen LogP contribution in [-0.4, -0.2) is 65.5 Å². The van der Waals surface area contributed by atoms with Crippen molar-refractivity contribution in [2.75, 3.05) is 11.9 Å². The summed E-state index contributed by atoms with van der Waals surface area (Å²) in [6.45, 7) is 7.88. The second-order valence-corrected chi connectivity index (χ2v) is 14.9. The topological polar surface area (TPSA) is 139 Å². The van der Waals surface area contributed by atoms with Gasteiger partial charge in [-0.2, -0.15) is 5.10 Å². The number of fused-ring (bicyclic) bond motifs is 4.